The molecule has 0 bridgehead atoms. The number of β-amino-alcohol motifs (C(OH)–C–C–N with tert-alkyl or cyclic N) is 1. The maximum atomic E-state index is 10.1. The lowest BCUT2D eigenvalue weighted by molar-refractivity contribution is 0.0106. The van der Waals surface area contributed by atoms with Gasteiger partial charge in [-0.25, -0.2) is 0 Å². The Hall–Kier alpha value is -1.59. The van der Waals surface area contributed by atoms with Gasteiger partial charge in [-0.1, -0.05) is 42.4 Å². The number of amidine groups is 1. The maximum absolute atomic E-state index is 10.1. The standard InChI is InChI=1S/C15H23N3O2/c1-11-7-8-18(10-14(11)19)13(9-15(16)17-20)12-5-3-2-4-6-12/h2-6,11,13-14,19-20H,7-10H2,1H3,(H2,16,17). The number of benzene rings is 1. The van der Waals surface area contributed by atoms with Crippen LogP contribution in [0.5, 0.6) is 0 Å². The maximum Gasteiger partial charge on any atom is 0.141 e. The molecule has 2 rings (SSSR count). The van der Waals surface area contributed by atoms with E-state index in [1.54, 1.807) is 0 Å². The van der Waals surface area contributed by atoms with Crippen molar-refractivity contribution in [2.24, 2.45) is 16.8 Å². The summed E-state index contributed by atoms with van der Waals surface area (Å²) in [5, 5.41) is 22.0. The Balaban J connectivity index is 2.18. The molecule has 0 saturated carbocycles. The summed E-state index contributed by atoms with van der Waals surface area (Å²) in [6, 6.07) is 10.1. The van der Waals surface area contributed by atoms with Crippen LogP contribution in [0.2, 0.25) is 0 Å². The first-order chi connectivity index (χ1) is 9.61. The summed E-state index contributed by atoms with van der Waals surface area (Å²) < 4.78 is 0. The van der Waals surface area contributed by atoms with Gasteiger partial charge in [0.15, 0.2) is 0 Å². The second-order valence-corrected chi connectivity index (χ2v) is 5.55. The third-order valence-corrected chi connectivity index (χ3v) is 4.11. The van der Waals surface area contributed by atoms with Gasteiger partial charge in [-0.2, -0.15) is 0 Å². The van der Waals surface area contributed by atoms with Crippen LogP contribution in [0, 0.1) is 5.92 Å². The lowest BCUT2D eigenvalue weighted by Crippen LogP contribution is -2.45. The molecule has 0 aliphatic carbocycles. The van der Waals surface area contributed by atoms with E-state index in [4.69, 9.17) is 10.9 Å². The summed E-state index contributed by atoms with van der Waals surface area (Å²) in [7, 11) is 0. The number of piperidine rings is 1. The molecule has 0 spiro atoms. The van der Waals surface area contributed by atoms with Crippen molar-refractivity contribution >= 4 is 5.84 Å². The fourth-order valence-corrected chi connectivity index (χ4v) is 2.73. The number of rotatable bonds is 4. The molecule has 0 radical (unpaired) electrons. The van der Waals surface area contributed by atoms with Gasteiger partial charge >= 0.3 is 0 Å². The van der Waals surface area contributed by atoms with Crippen LogP contribution in [0.25, 0.3) is 0 Å². The summed E-state index contributed by atoms with van der Waals surface area (Å²) in [6.07, 6.45) is 1.10. The van der Waals surface area contributed by atoms with Crippen molar-refractivity contribution < 1.29 is 10.3 Å². The van der Waals surface area contributed by atoms with E-state index in [2.05, 4.69) is 17.0 Å². The van der Waals surface area contributed by atoms with E-state index in [0.717, 1.165) is 18.5 Å². The van der Waals surface area contributed by atoms with Gasteiger partial charge in [0.1, 0.15) is 5.84 Å². The number of hydrogen-bond donors (Lipinski definition) is 3. The quantitative estimate of drug-likeness (QED) is 0.338. The van der Waals surface area contributed by atoms with Crippen molar-refractivity contribution in [3.05, 3.63) is 35.9 Å². The molecule has 4 N–H and O–H groups in total. The molecular formula is C15H23N3O2. The van der Waals surface area contributed by atoms with Crippen LogP contribution in [-0.4, -0.2) is 40.2 Å². The Bertz CT molecular complexity index is 450. The SMILES string of the molecule is CC1CCN(C(C/C(N)=N/O)c2ccccc2)CC1O. The molecule has 0 amide bonds. The van der Waals surface area contributed by atoms with Crippen LogP contribution in [-0.2, 0) is 0 Å². The van der Waals surface area contributed by atoms with Gasteiger partial charge in [0.25, 0.3) is 0 Å². The van der Waals surface area contributed by atoms with Gasteiger partial charge in [-0.15, -0.1) is 0 Å². The predicted molar refractivity (Wildman–Crippen MR) is 78.6 cm³/mol. The zero-order chi connectivity index (χ0) is 14.5. The molecule has 1 aliphatic rings. The van der Waals surface area contributed by atoms with E-state index in [1.165, 1.54) is 0 Å². The van der Waals surface area contributed by atoms with Crippen LogP contribution < -0.4 is 5.73 Å². The fourth-order valence-electron chi connectivity index (χ4n) is 2.73. The summed E-state index contributed by atoms with van der Waals surface area (Å²) in [4.78, 5) is 2.22. The van der Waals surface area contributed by atoms with Gasteiger partial charge in [0.05, 0.1) is 6.10 Å². The first-order valence-corrected chi connectivity index (χ1v) is 7.05. The molecule has 1 fully saturated rings. The summed E-state index contributed by atoms with van der Waals surface area (Å²) in [5.41, 5.74) is 6.82. The number of nitrogens with zero attached hydrogens (tertiary/aromatic N) is 2. The van der Waals surface area contributed by atoms with Crippen LogP contribution >= 0.6 is 0 Å². The van der Waals surface area contributed by atoms with Gasteiger partial charge in [-0.3, -0.25) is 4.90 Å². The second kappa shape index (κ2) is 6.72. The molecule has 20 heavy (non-hydrogen) atoms. The summed E-state index contributed by atoms with van der Waals surface area (Å²) >= 11 is 0. The minimum absolute atomic E-state index is 0.0363. The molecule has 5 heteroatoms. The normalized spacial score (nSPS) is 26.4. The van der Waals surface area contributed by atoms with Crippen molar-refractivity contribution in [3.8, 4) is 0 Å². The molecule has 1 aliphatic heterocycles. The molecule has 3 unspecified atom stereocenters. The Labute approximate surface area is 119 Å². The Morgan fingerprint density at radius 3 is 2.75 bits per heavy atom. The molecule has 0 aromatic heterocycles. The van der Waals surface area contributed by atoms with Gasteiger partial charge in [-0.05, 0) is 24.4 Å². The molecule has 110 valence electrons. The molecule has 1 heterocycles. The van der Waals surface area contributed by atoms with Crippen LogP contribution in [0.1, 0.15) is 31.4 Å². The van der Waals surface area contributed by atoms with Crippen molar-refractivity contribution in [3.63, 3.8) is 0 Å². The largest absolute Gasteiger partial charge is 0.409 e. The van der Waals surface area contributed by atoms with Crippen molar-refractivity contribution in [1.29, 1.82) is 0 Å². The number of likely N-dealkylation sites (tertiary alicyclic amines) is 1. The summed E-state index contributed by atoms with van der Waals surface area (Å²) in [6.45, 7) is 3.61. The Kier molecular flexibility index (Phi) is 4.98. The zero-order valence-electron chi connectivity index (χ0n) is 11.8. The van der Waals surface area contributed by atoms with E-state index in [9.17, 15) is 5.11 Å². The smallest absolute Gasteiger partial charge is 0.141 e. The molecule has 5 nitrogen and oxygen atoms in total. The van der Waals surface area contributed by atoms with Crippen molar-refractivity contribution in [1.82, 2.24) is 4.90 Å². The van der Waals surface area contributed by atoms with E-state index in [1.807, 2.05) is 30.3 Å². The van der Waals surface area contributed by atoms with Crippen LogP contribution in [0.15, 0.2) is 35.5 Å². The predicted octanol–water partition coefficient (Wildman–Crippen LogP) is 1.57. The van der Waals surface area contributed by atoms with E-state index < -0.39 is 0 Å². The molecule has 1 saturated heterocycles. The molecule has 1 aromatic rings. The average Bonchev–Trinajstić information content (AvgIpc) is 2.48. The second-order valence-electron chi connectivity index (χ2n) is 5.55. The highest BCUT2D eigenvalue weighted by atomic mass is 16.4. The number of nitrogens with two attached hydrogens (primary N) is 1. The van der Waals surface area contributed by atoms with E-state index in [-0.39, 0.29) is 18.0 Å². The molecule has 1 aromatic carbocycles. The topological polar surface area (TPSA) is 82.1 Å². The van der Waals surface area contributed by atoms with E-state index >= 15 is 0 Å². The highest BCUT2D eigenvalue weighted by molar-refractivity contribution is 5.80. The summed E-state index contributed by atoms with van der Waals surface area (Å²) in [5.74, 6) is 0.540. The zero-order valence-corrected chi connectivity index (χ0v) is 11.8. The van der Waals surface area contributed by atoms with Gasteiger partial charge in [0, 0.05) is 19.0 Å². The first kappa shape index (κ1) is 14.8. The Morgan fingerprint density at radius 2 is 2.15 bits per heavy atom. The third kappa shape index (κ3) is 3.49. The number of hydrogen-bond acceptors (Lipinski definition) is 4. The minimum atomic E-state index is -0.317. The highest BCUT2D eigenvalue weighted by Crippen LogP contribution is 2.29. The Morgan fingerprint density at radius 1 is 1.45 bits per heavy atom. The molecule has 3 atom stereocenters. The van der Waals surface area contributed by atoms with Crippen LogP contribution in [0.3, 0.4) is 0 Å². The molecular weight excluding hydrogens is 254 g/mol. The van der Waals surface area contributed by atoms with Crippen molar-refractivity contribution in [2.45, 2.75) is 31.9 Å². The lowest BCUT2D eigenvalue weighted by Gasteiger charge is -2.39. The highest BCUT2D eigenvalue weighted by Gasteiger charge is 2.30. The third-order valence-electron chi connectivity index (χ3n) is 4.11. The first-order valence-electron chi connectivity index (χ1n) is 7.05. The van der Waals surface area contributed by atoms with Gasteiger partial charge < -0.3 is 16.0 Å². The van der Waals surface area contributed by atoms with E-state index in [0.29, 0.717) is 18.9 Å². The number of aliphatic hydroxyl groups is 1. The fraction of sp³-hybridized carbons (Fsp3) is 0.533. The lowest BCUT2D eigenvalue weighted by atomic mass is 9.92. The average molecular weight is 277 g/mol. The number of oxime groups is 1. The number of aliphatic hydroxyl groups excluding tert-OH is 1. The minimum Gasteiger partial charge on any atom is -0.409 e. The van der Waals surface area contributed by atoms with Gasteiger partial charge in [0.2, 0.25) is 0 Å². The monoisotopic (exact) mass is 277 g/mol. The van der Waals surface area contributed by atoms with Crippen LogP contribution in [0.4, 0.5) is 0 Å². The van der Waals surface area contributed by atoms with Crippen molar-refractivity contribution in [2.75, 3.05) is 13.1 Å².